The zero-order valence-electron chi connectivity index (χ0n) is 15.6. The van der Waals surface area contributed by atoms with Gasteiger partial charge in [-0.15, -0.1) is 0 Å². The summed E-state index contributed by atoms with van der Waals surface area (Å²) in [5.74, 6) is 0.909. The average Bonchev–Trinajstić information content (AvgIpc) is 2.94. The molecule has 140 valence electrons. The first-order chi connectivity index (χ1) is 12.5. The highest BCUT2D eigenvalue weighted by molar-refractivity contribution is 5.72. The van der Waals surface area contributed by atoms with E-state index in [9.17, 15) is 9.90 Å². The van der Waals surface area contributed by atoms with E-state index in [1.165, 1.54) is 0 Å². The van der Waals surface area contributed by atoms with Crippen LogP contribution in [0.15, 0.2) is 22.7 Å². The second kappa shape index (κ2) is 7.91. The number of nitrogens with zero attached hydrogens (tertiary/aromatic N) is 2. The summed E-state index contributed by atoms with van der Waals surface area (Å²) in [6.45, 7) is 8.48. The minimum atomic E-state index is -0.0785. The average molecular weight is 358 g/mol. The molecular formula is C20H26N2O4. The predicted octanol–water partition coefficient (Wildman–Crippen LogP) is 3.44. The molecule has 3 rings (SSSR count). The van der Waals surface area contributed by atoms with Gasteiger partial charge in [0, 0.05) is 12.1 Å². The lowest BCUT2D eigenvalue weighted by Crippen LogP contribution is -2.36. The van der Waals surface area contributed by atoms with E-state index >= 15 is 0 Å². The van der Waals surface area contributed by atoms with Crippen LogP contribution >= 0.6 is 0 Å². The molecule has 0 saturated carbocycles. The van der Waals surface area contributed by atoms with Crippen molar-refractivity contribution < 1.29 is 19.2 Å². The van der Waals surface area contributed by atoms with Crippen LogP contribution in [0.3, 0.4) is 0 Å². The molecule has 2 aromatic rings. The van der Waals surface area contributed by atoms with Crippen LogP contribution in [0, 0.1) is 19.8 Å². The van der Waals surface area contributed by atoms with Crippen molar-refractivity contribution in [3.05, 3.63) is 35.2 Å². The fourth-order valence-electron chi connectivity index (χ4n) is 3.65. The normalized spacial score (nSPS) is 16.0. The number of phenols is 1. The zero-order valence-corrected chi connectivity index (χ0v) is 15.6. The number of likely N-dealkylation sites (tertiary alicyclic amines) is 1. The first-order valence-electron chi connectivity index (χ1n) is 9.13. The highest BCUT2D eigenvalue weighted by atomic mass is 16.5. The Kier molecular flexibility index (Phi) is 5.61. The van der Waals surface area contributed by atoms with Gasteiger partial charge in [-0.05, 0) is 76.0 Å². The molecule has 1 aromatic heterocycles. The SMILES string of the molecule is CCOC(=O)C1CCN(Cc2cc(O)cc(-c3c(C)noc3C)c2)CC1. The Bertz CT molecular complexity index is 757. The molecule has 1 aliphatic heterocycles. The third-order valence-corrected chi connectivity index (χ3v) is 4.91. The molecule has 1 saturated heterocycles. The van der Waals surface area contributed by atoms with E-state index in [4.69, 9.17) is 9.26 Å². The second-order valence-corrected chi connectivity index (χ2v) is 6.89. The van der Waals surface area contributed by atoms with Gasteiger partial charge in [0.15, 0.2) is 0 Å². The molecule has 2 heterocycles. The second-order valence-electron chi connectivity index (χ2n) is 6.89. The van der Waals surface area contributed by atoms with Gasteiger partial charge in [0.05, 0.1) is 18.2 Å². The van der Waals surface area contributed by atoms with Crippen LogP contribution in [0.2, 0.25) is 0 Å². The first kappa shape index (κ1) is 18.5. The van der Waals surface area contributed by atoms with E-state index in [0.717, 1.165) is 60.6 Å². The number of aromatic nitrogens is 1. The van der Waals surface area contributed by atoms with Gasteiger partial charge in [-0.1, -0.05) is 5.16 Å². The molecule has 6 nitrogen and oxygen atoms in total. The minimum Gasteiger partial charge on any atom is -0.508 e. The molecular weight excluding hydrogens is 332 g/mol. The number of esters is 1. The first-order valence-corrected chi connectivity index (χ1v) is 9.13. The summed E-state index contributed by atoms with van der Waals surface area (Å²) < 4.78 is 10.4. The van der Waals surface area contributed by atoms with E-state index in [0.29, 0.717) is 6.61 Å². The molecule has 1 fully saturated rings. The Hall–Kier alpha value is -2.34. The molecule has 0 amide bonds. The maximum absolute atomic E-state index is 11.9. The highest BCUT2D eigenvalue weighted by Crippen LogP contribution is 2.31. The summed E-state index contributed by atoms with van der Waals surface area (Å²) in [7, 11) is 0. The molecule has 0 unspecified atom stereocenters. The Morgan fingerprint density at radius 2 is 2.04 bits per heavy atom. The van der Waals surface area contributed by atoms with Gasteiger partial charge in [-0.3, -0.25) is 9.69 Å². The summed E-state index contributed by atoms with van der Waals surface area (Å²) in [6, 6.07) is 5.60. The number of hydrogen-bond donors (Lipinski definition) is 1. The van der Waals surface area contributed by atoms with E-state index in [2.05, 4.69) is 16.1 Å². The summed E-state index contributed by atoms with van der Waals surface area (Å²) in [4.78, 5) is 14.2. The molecule has 0 aliphatic carbocycles. The largest absolute Gasteiger partial charge is 0.508 e. The van der Waals surface area contributed by atoms with Crippen LogP contribution in [0.25, 0.3) is 11.1 Å². The number of ether oxygens (including phenoxy) is 1. The number of aromatic hydroxyl groups is 1. The monoisotopic (exact) mass is 358 g/mol. The molecule has 1 N–H and O–H groups in total. The summed E-state index contributed by atoms with van der Waals surface area (Å²) in [6.07, 6.45) is 1.63. The highest BCUT2D eigenvalue weighted by Gasteiger charge is 2.26. The lowest BCUT2D eigenvalue weighted by Gasteiger charge is -2.30. The van der Waals surface area contributed by atoms with Gasteiger partial charge in [0.2, 0.25) is 0 Å². The van der Waals surface area contributed by atoms with E-state index in [1.807, 2.05) is 20.8 Å². The Morgan fingerprint density at radius 1 is 1.31 bits per heavy atom. The lowest BCUT2D eigenvalue weighted by molar-refractivity contribution is -0.149. The molecule has 6 heteroatoms. The Morgan fingerprint density at radius 3 is 2.65 bits per heavy atom. The number of carbonyl (C=O) groups excluding carboxylic acids is 1. The molecule has 1 aliphatic rings. The molecule has 1 aromatic carbocycles. The van der Waals surface area contributed by atoms with E-state index in [-0.39, 0.29) is 17.6 Å². The number of phenolic OH excluding ortho intramolecular Hbond substituents is 1. The third-order valence-electron chi connectivity index (χ3n) is 4.91. The van der Waals surface area contributed by atoms with Gasteiger partial charge < -0.3 is 14.4 Å². The number of hydrogen-bond acceptors (Lipinski definition) is 6. The number of piperidine rings is 1. The van der Waals surface area contributed by atoms with Crippen molar-refractivity contribution in [1.82, 2.24) is 10.1 Å². The third kappa shape index (κ3) is 4.07. The van der Waals surface area contributed by atoms with E-state index < -0.39 is 0 Å². The van der Waals surface area contributed by atoms with Crippen molar-refractivity contribution in [1.29, 1.82) is 0 Å². The minimum absolute atomic E-state index is 0.00763. The molecule has 26 heavy (non-hydrogen) atoms. The van der Waals surface area contributed by atoms with Gasteiger partial charge >= 0.3 is 5.97 Å². The Labute approximate surface area is 153 Å². The molecule has 0 radical (unpaired) electrons. The van der Waals surface area contributed by atoms with Gasteiger partial charge in [0.1, 0.15) is 11.5 Å². The lowest BCUT2D eigenvalue weighted by atomic mass is 9.96. The predicted molar refractivity (Wildman–Crippen MR) is 97.7 cm³/mol. The Balaban J connectivity index is 1.69. The number of aryl methyl sites for hydroxylation is 2. The fourth-order valence-corrected chi connectivity index (χ4v) is 3.65. The summed E-state index contributed by atoms with van der Waals surface area (Å²) in [5.41, 5.74) is 3.70. The topological polar surface area (TPSA) is 75.8 Å². The number of benzene rings is 1. The van der Waals surface area contributed by atoms with Gasteiger partial charge in [-0.25, -0.2) is 0 Å². The smallest absolute Gasteiger partial charge is 0.309 e. The number of rotatable bonds is 5. The summed E-state index contributed by atoms with van der Waals surface area (Å²) in [5, 5.41) is 14.1. The zero-order chi connectivity index (χ0) is 18.7. The van der Waals surface area contributed by atoms with Crippen molar-refractivity contribution in [2.45, 2.75) is 40.2 Å². The quantitative estimate of drug-likeness (QED) is 0.825. The van der Waals surface area contributed by atoms with Crippen LogP contribution in [0.5, 0.6) is 5.75 Å². The van der Waals surface area contributed by atoms with Crippen molar-refractivity contribution >= 4 is 5.97 Å². The van der Waals surface area contributed by atoms with Crippen molar-refractivity contribution in [3.63, 3.8) is 0 Å². The van der Waals surface area contributed by atoms with Crippen LogP contribution in [0.1, 0.15) is 36.8 Å². The van der Waals surface area contributed by atoms with Crippen LogP contribution in [0.4, 0.5) is 0 Å². The van der Waals surface area contributed by atoms with Crippen molar-refractivity contribution in [3.8, 4) is 16.9 Å². The van der Waals surface area contributed by atoms with Crippen LogP contribution in [-0.4, -0.2) is 40.8 Å². The fraction of sp³-hybridized carbons (Fsp3) is 0.500. The molecule has 0 spiro atoms. The van der Waals surface area contributed by atoms with Gasteiger partial charge in [0.25, 0.3) is 0 Å². The van der Waals surface area contributed by atoms with Crippen LogP contribution < -0.4 is 0 Å². The standard InChI is InChI=1S/C20H26N2O4/c1-4-25-20(24)16-5-7-22(8-6-16)12-15-9-17(11-18(23)10-15)19-13(2)21-26-14(19)3/h9-11,16,23H,4-8,12H2,1-3H3. The number of carbonyl (C=O) groups is 1. The summed E-state index contributed by atoms with van der Waals surface area (Å²) >= 11 is 0. The maximum atomic E-state index is 11.9. The molecule has 0 bridgehead atoms. The van der Waals surface area contributed by atoms with Crippen LogP contribution in [-0.2, 0) is 16.1 Å². The molecule has 0 atom stereocenters. The van der Waals surface area contributed by atoms with Crippen molar-refractivity contribution in [2.24, 2.45) is 5.92 Å². The van der Waals surface area contributed by atoms with Gasteiger partial charge in [-0.2, -0.15) is 0 Å². The van der Waals surface area contributed by atoms with Crippen molar-refractivity contribution in [2.75, 3.05) is 19.7 Å². The maximum Gasteiger partial charge on any atom is 0.309 e. The van der Waals surface area contributed by atoms with E-state index in [1.54, 1.807) is 12.1 Å².